The van der Waals surface area contributed by atoms with Gasteiger partial charge in [0.2, 0.25) is 0 Å². The third-order valence-electron chi connectivity index (χ3n) is 2.59. The molecule has 0 atom stereocenters. The van der Waals surface area contributed by atoms with E-state index in [0.717, 1.165) is 30.4 Å². The van der Waals surface area contributed by atoms with E-state index < -0.39 is 0 Å². The number of aryl methyl sites for hydroxylation is 1. The van der Waals surface area contributed by atoms with Crippen molar-refractivity contribution in [2.75, 3.05) is 0 Å². The number of fused-ring (bicyclic) bond motifs is 1. The van der Waals surface area contributed by atoms with Gasteiger partial charge in [-0.1, -0.05) is 24.3 Å². The van der Waals surface area contributed by atoms with Crippen LogP contribution in [0.4, 0.5) is 0 Å². The van der Waals surface area contributed by atoms with Gasteiger partial charge in [0.05, 0.1) is 0 Å². The van der Waals surface area contributed by atoms with Crippen LogP contribution in [0.1, 0.15) is 30.4 Å². The molecule has 1 aromatic carbocycles. The van der Waals surface area contributed by atoms with E-state index in [4.69, 9.17) is 0 Å². The molecule has 0 unspecified atom stereocenters. The highest BCUT2D eigenvalue weighted by molar-refractivity contribution is 5.88. The van der Waals surface area contributed by atoms with Crippen LogP contribution in [0.2, 0.25) is 0 Å². The van der Waals surface area contributed by atoms with Crippen molar-refractivity contribution >= 4 is 11.5 Å². The second-order valence-corrected chi connectivity index (χ2v) is 3.44. The van der Waals surface area contributed by atoms with Gasteiger partial charge >= 0.3 is 0 Å². The maximum Gasteiger partial charge on any atom is 0.128 e. The minimum atomic E-state index is 0.855. The molecular formula is C12H12O. The number of hydrogen-bond acceptors (Lipinski definition) is 1. The van der Waals surface area contributed by atoms with Crippen LogP contribution >= 0.6 is 0 Å². The Labute approximate surface area is 78.1 Å². The van der Waals surface area contributed by atoms with E-state index in [2.05, 4.69) is 12.0 Å². The molecule has 2 rings (SSSR count). The van der Waals surface area contributed by atoms with Gasteiger partial charge in [0.25, 0.3) is 0 Å². The van der Waals surface area contributed by atoms with E-state index in [1.165, 1.54) is 12.0 Å². The number of hydrogen-bond donors (Lipinski definition) is 0. The minimum Gasteiger partial charge on any atom is -0.233 e. The second-order valence-electron chi connectivity index (χ2n) is 3.44. The normalized spacial score (nSPS) is 15.8. The van der Waals surface area contributed by atoms with Crippen molar-refractivity contribution in [1.82, 2.24) is 0 Å². The highest BCUT2D eigenvalue weighted by Gasteiger charge is 2.11. The molecule has 0 radical (unpaired) electrons. The second kappa shape index (κ2) is 3.59. The maximum absolute atomic E-state index is 10.7. The van der Waals surface area contributed by atoms with E-state index in [1.807, 2.05) is 18.2 Å². The zero-order valence-corrected chi connectivity index (χ0v) is 7.55. The van der Waals surface area contributed by atoms with Crippen molar-refractivity contribution < 1.29 is 4.79 Å². The fourth-order valence-electron chi connectivity index (χ4n) is 1.89. The number of benzene rings is 1. The third kappa shape index (κ3) is 1.56. The van der Waals surface area contributed by atoms with Crippen molar-refractivity contribution in [2.24, 2.45) is 0 Å². The van der Waals surface area contributed by atoms with Crippen molar-refractivity contribution in [3.05, 3.63) is 35.4 Å². The molecule has 0 heterocycles. The van der Waals surface area contributed by atoms with Crippen LogP contribution < -0.4 is 0 Å². The summed E-state index contributed by atoms with van der Waals surface area (Å²) in [5.74, 6) is 2.07. The fraction of sp³-hybridized carbons (Fsp3) is 0.333. The summed E-state index contributed by atoms with van der Waals surface area (Å²) in [5.41, 5.74) is 3.28. The summed E-state index contributed by atoms with van der Waals surface area (Å²) in [6, 6.07) is 8.16. The predicted octanol–water partition coefficient (Wildman–Crippen LogP) is 2.63. The standard InChI is InChI=1S/C12H12O/c13-9-11-7-2-1-5-10-6-3-4-8-12(10)11/h3-4,6,8H,1-2,5,7H2. The first-order valence-corrected chi connectivity index (χ1v) is 4.74. The Morgan fingerprint density at radius 1 is 1.08 bits per heavy atom. The zero-order chi connectivity index (χ0) is 9.10. The topological polar surface area (TPSA) is 17.1 Å². The molecule has 1 heteroatoms. The molecule has 66 valence electrons. The summed E-state index contributed by atoms with van der Waals surface area (Å²) in [6.45, 7) is 0. The molecule has 0 saturated heterocycles. The molecule has 0 bridgehead atoms. The Bertz CT molecular complexity index is 359. The largest absolute Gasteiger partial charge is 0.233 e. The van der Waals surface area contributed by atoms with E-state index in [9.17, 15) is 4.79 Å². The molecule has 13 heavy (non-hydrogen) atoms. The number of rotatable bonds is 0. The van der Waals surface area contributed by atoms with Crippen molar-refractivity contribution in [1.29, 1.82) is 0 Å². The Hall–Kier alpha value is -1.33. The molecule has 0 aromatic heterocycles. The molecule has 0 aliphatic heterocycles. The summed E-state index contributed by atoms with van der Waals surface area (Å²) in [7, 11) is 0. The van der Waals surface area contributed by atoms with Crippen molar-refractivity contribution in [3.8, 4) is 0 Å². The molecule has 1 nitrogen and oxygen atoms in total. The maximum atomic E-state index is 10.7. The van der Waals surface area contributed by atoms with E-state index in [-0.39, 0.29) is 0 Å². The summed E-state index contributed by atoms with van der Waals surface area (Å²) >= 11 is 0. The summed E-state index contributed by atoms with van der Waals surface area (Å²) in [5, 5.41) is 0. The lowest BCUT2D eigenvalue weighted by Gasteiger charge is -2.03. The Balaban J connectivity index is 2.54. The molecule has 0 N–H and O–H groups in total. The van der Waals surface area contributed by atoms with Gasteiger partial charge in [-0.2, -0.15) is 0 Å². The predicted molar refractivity (Wildman–Crippen MR) is 53.1 cm³/mol. The van der Waals surface area contributed by atoms with Crippen molar-refractivity contribution in [3.63, 3.8) is 0 Å². The van der Waals surface area contributed by atoms with Gasteiger partial charge in [-0.05, 0) is 36.8 Å². The first-order valence-electron chi connectivity index (χ1n) is 4.74. The summed E-state index contributed by atoms with van der Waals surface area (Å²) in [4.78, 5) is 10.7. The molecule has 0 amide bonds. The zero-order valence-electron chi connectivity index (χ0n) is 7.55. The molecule has 0 spiro atoms. The Kier molecular flexibility index (Phi) is 2.29. The summed E-state index contributed by atoms with van der Waals surface area (Å²) in [6.07, 6.45) is 4.28. The van der Waals surface area contributed by atoms with E-state index >= 15 is 0 Å². The van der Waals surface area contributed by atoms with Crippen LogP contribution in [0.3, 0.4) is 0 Å². The lowest BCUT2D eigenvalue weighted by atomic mass is 10.00. The van der Waals surface area contributed by atoms with Crippen molar-refractivity contribution in [2.45, 2.75) is 25.7 Å². The minimum absolute atomic E-state index is 0.855. The first-order chi connectivity index (χ1) is 6.42. The van der Waals surface area contributed by atoms with Gasteiger partial charge < -0.3 is 0 Å². The van der Waals surface area contributed by atoms with E-state index in [0.29, 0.717) is 0 Å². The third-order valence-corrected chi connectivity index (χ3v) is 2.59. The first kappa shape index (κ1) is 8.28. The van der Waals surface area contributed by atoms with E-state index in [1.54, 1.807) is 0 Å². The molecule has 1 aliphatic rings. The van der Waals surface area contributed by atoms with Gasteiger partial charge in [-0.25, -0.2) is 4.79 Å². The highest BCUT2D eigenvalue weighted by atomic mass is 16.1. The van der Waals surface area contributed by atoms with Crippen LogP contribution in [-0.2, 0) is 11.2 Å². The van der Waals surface area contributed by atoms with Gasteiger partial charge in [-0.3, -0.25) is 0 Å². The Morgan fingerprint density at radius 3 is 2.69 bits per heavy atom. The van der Waals surface area contributed by atoms with Gasteiger partial charge in [0, 0.05) is 5.57 Å². The fourth-order valence-corrected chi connectivity index (χ4v) is 1.89. The van der Waals surface area contributed by atoms with Crippen LogP contribution in [0.5, 0.6) is 0 Å². The molecule has 0 saturated carbocycles. The van der Waals surface area contributed by atoms with Crippen LogP contribution in [-0.4, -0.2) is 5.94 Å². The Morgan fingerprint density at radius 2 is 1.85 bits per heavy atom. The number of carbonyl (C=O) groups excluding carboxylic acids is 1. The SMILES string of the molecule is O=C=C1CCCCc2ccccc21. The smallest absolute Gasteiger partial charge is 0.128 e. The quantitative estimate of drug-likeness (QED) is 0.434. The monoisotopic (exact) mass is 172 g/mol. The van der Waals surface area contributed by atoms with Crippen LogP contribution in [0, 0.1) is 0 Å². The van der Waals surface area contributed by atoms with Gasteiger partial charge in [0.1, 0.15) is 5.94 Å². The molecule has 0 fully saturated rings. The molecular weight excluding hydrogens is 160 g/mol. The lowest BCUT2D eigenvalue weighted by Crippen LogP contribution is -1.89. The van der Waals surface area contributed by atoms with Gasteiger partial charge in [-0.15, -0.1) is 0 Å². The summed E-state index contributed by atoms with van der Waals surface area (Å²) < 4.78 is 0. The number of allylic oxidation sites excluding steroid dienone is 1. The molecule has 1 aliphatic carbocycles. The van der Waals surface area contributed by atoms with Crippen LogP contribution in [0.25, 0.3) is 5.57 Å². The van der Waals surface area contributed by atoms with Crippen LogP contribution in [0.15, 0.2) is 24.3 Å². The molecule has 1 aromatic rings. The van der Waals surface area contributed by atoms with Gasteiger partial charge in [0.15, 0.2) is 0 Å². The lowest BCUT2D eigenvalue weighted by molar-refractivity contribution is 0.569. The average molecular weight is 172 g/mol. The average Bonchev–Trinajstić information content (AvgIpc) is 2.39. The highest BCUT2D eigenvalue weighted by Crippen LogP contribution is 2.27.